The van der Waals surface area contributed by atoms with Gasteiger partial charge < -0.3 is 19.9 Å². The predicted octanol–water partition coefficient (Wildman–Crippen LogP) is -0.0737. The Morgan fingerprint density at radius 3 is 2.52 bits per heavy atom. The first-order valence-electron chi connectivity index (χ1n) is 7.72. The molecule has 1 saturated heterocycles. The molecule has 0 aliphatic carbocycles. The van der Waals surface area contributed by atoms with E-state index in [0.717, 1.165) is 44.9 Å². The van der Waals surface area contributed by atoms with Crippen molar-refractivity contribution in [2.24, 2.45) is 0 Å². The van der Waals surface area contributed by atoms with Crippen molar-refractivity contribution in [3.63, 3.8) is 0 Å². The highest BCUT2D eigenvalue weighted by Crippen LogP contribution is 2.18. The van der Waals surface area contributed by atoms with Gasteiger partial charge in [0, 0.05) is 12.2 Å². The number of benzene rings is 1. The van der Waals surface area contributed by atoms with Crippen molar-refractivity contribution in [1.29, 1.82) is 0 Å². The van der Waals surface area contributed by atoms with Gasteiger partial charge in [0.2, 0.25) is 0 Å². The summed E-state index contributed by atoms with van der Waals surface area (Å²) in [5.74, 6) is 1.06. The van der Waals surface area contributed by atoms with E-state index in [4.69, 9.17) is 4.74 Å². The second-order valence-electron chi connectivity index (χ2n) is 5.46. The van der Waals surface area contributed by atoms with E-state index in [1.807, 2.05) is 12.1 Å². The fourth-order valence-corrected chi connectivity index (χ4v) is 2.60. The zero-order valence-corrected chi connectivity index (χ0v) is 13.0. The lowest BCUT2D eigenvalue weighted by atomic mass is 10.2. The number of methoxy groups -OCH3 is 1. The monoisotopic (exact) mass is 292 g/mol. The standard InChI is InChI=1S/C16H25N3O2/c1-3-8-17-16(20)13-18-9-11-19(12-10-18)14-4-6-15(21-2)7-5-14/h4-7H,3,8-13H2,1-2H3,(H,17,20)/p+1. The first kappa shape index (κ1) is 15.6. The summed E-state index contributed by atoms with van der Waals surface area (Å²) in [6.45, 7) is 7.43. The number of rotatable bonds is 6. The molecule has 1 heterocycles. The van der Waals surface area contributed by atoms with Crippen LogP contribution in [0.4, 0.5) is 5.69 Å². The molecule has 1 aliphatic rings. The summed E-state index contributed by atoms with van der Waals surface area (Å²) in [6.07, 6.45) is 0.992. The Kier molecular flexibility index (Phi) is 5.87. The number of hydrogen-bond donors (Lipinski definition) is 2. The van der Waals surface area contributed by atoms with Gasteiger partial charge >= 0.3 is 0 Å². The van der Waals surface area contributed by atoms with Gasteiger partial charge in [-0.15, -0.1) is 0 Å². The average Bonchev–Trinajstić information content (AvgIpc) is 2.54. The number of amides is 1. The zero-order valence-electron chi connectivity index (χ0n) is 13.0. The van der Waals surface area contributed by atoms with Gasteiger partial charge in [-0.2, -0.15) is 0 Å². The number of nitrogens with zero attached hydrogens (tertiary/aromatic N) is 1. The van der Waals surface area contributed by atoms with Crippen LogP contribution in [-0.2, 0) is 4.79 Å². The smallest absolute Gasteiger partial charge is 0.275 e. The van der Waals surface area contributed by atoms with E-state index >= 15 is 0 Å². The molecule has 0 atom stereocenters. The molecule has 1 aliphatic heterocycles. The Labute approximate surface area is 126 Å². The number of nitrogens with one attached hydrogen (secondary N) is 2. The van der Waals surface area contributed by atoms with Gasteiger partial charge in [0.1, 0.15) is 5.75 Å². The number of piperazine rings is 1. The minimum absolute atomic E-state index is 0.171. The number of carbonyl (C=O) groups excluding carboxylic acids is 1. The Morgan fingerprint density at radius 1 is 1.29 bits per heavy atom. The van der Waals surface area contributed by atoms with Crippen molar-refractivity contribution < 1.29 is 14.4 Å². The molecule has 1 amide bonds. The zero-order chi connectivity index (χ0) is 15.1. The maximum Gasteiger partial charge on any atom is 0.275 e. The number of carbonyl (C=O) groups is 1. The third kappa shape index (κ3) is 4.63. The third-order valence-corrected chi connectivity index (χ3v) is 3.89. The minimum atomic E-state index is 0.171. The van der Waals surface area contributed by atoms with Crippen LogP contribution in [0.2, 0.25) is 0 Å². The molecule has 1 fully saturated rings. The summed E-state index contributed by atoms with van der Waals surface area (Å²) in [6, 6.07) is 8.18. The highest BCUT2D eigenvalue weighted by Gasteiger charge is 2.22. The third-order valence-electron chi connectivity index (χ3n) is 3.89. The summed E-state index contributed by atoms with van der Waals surface area (Å²) >= 11 is 0. The van der Waals surface area contributed by atoms with Crippen LogP contribution in [-0.4, -0.2) is 52.3 Å². The predicted molar refractivity (Wildman–Crippen MR) is 84.1 cm³/mol. The fourth-order valence-electron chi connectivity index (χ4n) is 2.60. The Balaban J connectivity index is 1.78. The Morgan fingerprint density at radius 2 is 1.95 bits per heavy atom. The fraction of sp³-hybridized carbons (Fsp3) is 0.562. The molecule has 2 N–H and O–H groups in total. The van der Waals surface area contributed by atoms with Crippen LogP contribution < -0.4 is 19.9 Å². The van der Waals surface area contributed by atoms with E-state index in [1.165, 1.54) is 10.6 Å². The largest absolute Gasteiger partial charge is 0.497 e. The van der Waals surface area contributed by atoms with Crippen molar-refractivity contribution >= 4 is 11.6 Å². The van der Waals surface area contributed by atoms with Crippen molar-refractivity contribution in [2.75, 3.05) is 51.3 Å². The molecule has 2 rings (SSSR count). The molecule has 0 aromatic heterocycles. The molecule has 1 aromatic rings. The molecule has 0 saturated carbocycles. The molecule has 5 heteroatoms. The molecule has 0 bridgehead atoms. The van der Waals surface area contributed by atoms with E-state index in [9.17, 15) is 4.79 Å². The molecule has 0 unspecified atom stereocenters. The van der Waals surface area contributed by atoms with E-state index in [0.29, 0.717) is 6.54 Å². The summed E-state index contributed by atoms with van der Waals surface area (Å²) in [5, 5.41) is 2.95. The van der Waals surface area contributed by atoms with Crippen molar-refractivity contribution in [2.45, 2.75) is 13.3 Å². The van der Waals surface area contributed by atoms with Gasteiger partial charge in [0.15, 0.2) is 6.54 Å². The minimum Gasteiger partial charge on any atom is -0.497 e. The van der Waals surface area contributed by atoms with E-state index in [1.54, 1.807) is 7.11 Å². The maximum absolute atomic E-state index is 11.7. The lowest BCUT2D eigenvalue weighted by molar-refractivity contribution is -0.892. The maximum atomic E-state index is 11.7. The second-order valence-corrected chi connectivity index (χ2v) is 5.46. The van der Waals surface area contributed by atoms with Crippen LogP contribution >= 0.6 is 0 Å². The molecule has 0 radical (unpaired) electrons. The second kappa shape index (κ2) is 7.88. The Hall–Kier alpha value is -1.75. The quantitative estimate of drug-likeness (QED) is 0.771. The van der Waals surface area contributed by atoms with Crippen LogP contribution in [0.25, 0.3) is 0 Å². The molecule has 0 spiro atoms. The summed E-state index contributed by atoms with van der Waals surface area (Å²) < 4.78 is 5.18. The van der Waals surface area contributed by atoms with Gasteiger partial charge in [0.25, 0.3) is 5.91 Å². The Bertz CT molecular complexity index is 439. The highest BCUT2D eigenvalue weighted by atomic mass is 16.5. The lowest BCUT2D eigenvalue weighted by Gasteiger charge is -2.33. The van der Waals surface area contributed by atoms with Crippen molar-refractivity contribution in [1.82, 2.24) is 5.32 Å². The lowest BCUT2D eigenvalue weighted by Crippen LogP contribution is -3.15. The van der Waals surface area contributed by atoms with Gasteiger partial charge in [-0.05, 0) is 30.7 Å². The number of hydrogen-bond acceptors (Lipinski definition) is 3. The number of quaternary nitrogens is 1. The van der Waals surface area contributed by atoms with Crippen LogP contribution in [0.5, 0.6) is 5.75 Å². The van der Waals surface area contributed by atoms with Crippen LogP contribution in [0, 0.1) is 0 Å². The van der Waals surface area contributed by atoms with Crippen molar-refractivity contribution in [3.05, 3.63) is 24.3 Å². The van der Waals surface area contributed by atoms with Gasteiger partial charge in [-0.3, -0.25) is 4.79 Å². The first-order chi connectivity index (χ1) is 10.2. The van der Waals surface area contributed by atoms with Gasteiger partial charge in [-0.25, -0.2) is 0 Å². The molecule has 1 aromatic carbocycles. The summed E-state index contributed by atoms with van der Waals surface area (Å²) in [5.41, 5.74) is 1.23. The number of anilines is 1. The topological polar surface area (TPSA) is 46.0 Å². The first-order valence-corrected chi connectivity index (χ1v) is 7.72. The molecule has 21 heavy (non-hydrogen) atoms. The van der Waals surface area contributed by atoms with Gasteiger partial charge in [-0.1, -0.05) is 6.92 Å². The van der Waals surface area contributed by atoms with Crippen molar-refractivity contribution in [3.8, 4) is 5.75 Å². The van der Waals surface area contributed by atoms with Crippen LogP contribution in [0.1, 0.15) is 13.3 Å². The van der Waals surface area contributed by atoms with E-state index < -0.39 is 0 Å². The average molecular weight is 292 g/mol. The summed E-state index contributed by atoms with van der Waals surface area (Å²) in [7, 11) is 1.68. The van der Waals surface area contributed by atoms with E-state index in [-0.39, 0.29) is 5.91 Å². The number of ether oxygens (including phenoxy) is 1. The SMILES string of the molecule is CCCNC(=O)C[NH+]1CCN(c2ccc(OC)cc2)CC1. The van der Waals surface area contributed by atoms with E-state index in [2.05, 4.69) is 29.3 Å². The highest BCUT2D eigenvalue weighted by molar-refractivity contribution is 5.76. The van der Waals surface area contributed by atoms with Gasteiger partial charge in [0.05, 0.1) is 33.3 Å². The molecule has 5 nitrogen and oxygen atoms in total. The molecular weight excluding hydrogens is 266 g/mol. The summed E-state index contributed by atoms with van der Waals surface area (Å²) in [4.78, 5) is 15.5. The van der Waals surface area contributed by atoms with Crippen LogP contribution in [0.3, 0.4) is 0 Å². The van der Waals surface area contributed by atoms with Crippen LogP contribution in [0.15, 0.2) is 24.3 Å². The molecular formula is C16H26N3O2+. The molecule has 116 valence electrons. The normalized spacial score (nSPS) is 15.8.